The van der Waals surface area contributed by atoms with Crippen molar-refractivity contribution in [3.63, 3.8) is 0 Å². The van der Waals surface area contributed by atoms with Gasteiger partial charge in [0, 0.05) is 27.5 Å². The van der Waals surface area contributed by atoms with Crippen LogP contribution in [0.2, 0.25) is 0 Å². The van der Waals surface area contributed by atoms with Crippen molar-refractivity contribution in [3.8, 4) is 11.3 Å². The summed E-state index contributed by atoms with van der Waals surface area (Å²) in [4.78, 5) is 13.5. The molecule has 0 saturated carbocycles. The lowest BCUT2D eigenvalue weighted by Gasteiger charge is -2.02. The molecule has 5 nitrogen and oxygen atoms in total. The second-order valence-electron chi connectivity index (χ2n) is 5.98. The number of aromatic nitrogens is 2. The lowest BCUT2D eigenvalue weighted by Crippen LogP contribution is -2.22. The molecule has 0 amide bonds. The van der Waals surface area contributed by atoms with Gasteiger partial charge in [0.2, 0.25) is 0 Å². The highest BCUT2D eigenvalue weighted by Gasteiger charge is 2.14. The standard InChI is InChI=1S/C20H19N5S/c1-13-18(16-12-22-17-10-6-5-9-15(16)17)24-20(26-13)25-19(21)23-11-14-7-3-2-4-8-14/h2-10,12,22H,11H2,1H3,(H3,21,23,24,25). The predicted octanol–water partition coefficient (Wildman–Crippen LogP) is 4.53. The minimum atomic E-state index is 0.369. The molecule has 26 heavy (non-hydrogen) atoms. The lowest BCUT2D eigenvalue weighted by atomic mass is 10.1. The number of thiazole rings is 1. The van der Waals surface area contributed by atoms with Crippen LogP contribution >= 0.6 is 11.3 Å². The molecule has 4 N–H and O–H groups in total. The summed E-state index contributed by atoms with van der Waals surface area (Å²) >= 11 is 1.57. The van der Waals surface area contributed by atoms with Crippen LogP contribution in [0.1, 0.15) is 10.4 Å². The maximum Gasteiger partial charge on any atom is 0.195 e. The first-order valence-corrected chi connectivity index (χ1v) is 9.17. The number of aromatic amines is 1. The van der Waals surface area contributed by atoms with Gasteiger partial charge in [-0.2, -0.15) is 0 Å². The zero-order chi connectivity index (χ0) is 17.9. The second kappa shape index (κ2) is 7.01. The van der Waals surface area contributed by atoms with E-state index in [-0.39, 0.29) is 0 Å². The van der Waals surface area contributed by atoms with Crippen LogP contribution in [0.15, 0.2) is 65.8 Å². The summed E-state index contributed by atoms with van der Waals surface area (Å²) in [6, 6.07) is 18.2. The molecule has 0 bridgehead atoms. The lowest BCUT2D eigenvalue weighted by molar-refractivity contribution is 1.06. The zero-order valence-electron chi connectivity index (χ0n) is 14.4. The van der Waals surface area contributed by atoms with Gasteiger partial charge >= 0.3 is 0 Å². The molecule has 0 saturated heterocycles. The fourth-order valence-corrected chi connectivity index (χ4v) is 3.71. The van der Waals surface area contributed by atoms with Crippen LogP contribution in [0.25, 0.3) is 22.2 Å². The van der Waals surface area contributed by atoms with E-state index in [1.54, 1.807) is 11.3 Å². The number of para-hydroxylation sites is 1. The molecule has 0 aliphatic carbocycles. The molecule has 0 aliphatic rings. The van der Waals surface area contributed by atoms with E-state index in [1.165, 1.54) is 0 Å². The molecule has 0 aliphatic heterocycles. The van der Waals surface area contributed by atoms with E-state index < -0.39 is 0 Å². The highest BCUT2D eigenvalue weighted by Crippen LogP contribution is 2.34. The number of fused-ring (bicyclic) bond motifs is 1. The summed E-state index contributed by atoms with van der Waals surface area (Å²) in [6.45, 7) is 2.61. The van der Waals surface area contributed by atoms with Gasteiger partial charge in [-0.3, -0.25) is 0 Å². The summed E-state index contributed by atoms with van der Waals surface area (Å²) in [5, 5.41) is 5.02. The smallest absolute Gasteiger partial charge is 0.195 e. The number of benzene rings is 2. The molecule has 2 aromatic carbocycles. The van der Waals surface area contributed by atoms with Gasteiger partial charge in [-0.05, 0) is 18.6 Å². The van der Waals surface area contributed by atoms with Gasteiger partial charge in [0.15, 0.2) is 11.1 Å². The maximum absolute atomic E-state index is 6.02. The fraction of sp³-hybridized carbons (Fsp3) is 0.100. The van der Waals surface area contributed by atoms with E-state index in [1.807, 2.05) is 48.7 Å². The molecule has 2 aromatic heterocycles. The van der Waals surface area contributed by atoms with Crippen LogP contribution in [0.3, 0.4) is 0 Å². The van der Waals surface area contributed by atoms with E-state index in [2.05, 4.69) is 34.3 Å². The minimum Gasteiger partial charge on any atom is -0.370 e. The Balaban J connectivity index is 1.55. The van der Waals surface area contributed by atoms with Gasteiger partial charge in [-0.15, -0.1) is 11.3 Å². The molecule has 130 valence electrons. The Hall–Kier alpha value is -3.12. The summed E-state index contributed by atoms with van der Waals surface area (Å²) in [5.41, 5.74) is 10.3. The third-order valence-electron chi connectivity index (χ3n) is 4.15. The zero-order valence-corrected chi connectivity index (χ0v) is 15.2. The number of nitrogens with zero attached hydrogens (tertiary/aromatic N) is 2. The topological polar surface area (TPSA) is 79.1 Å². The first kappa shape index (κ1) is 16.4. The number of nitrogens with two attached hydrogens (primary N) is 1. The summed E-state index contributed by atoms with van der Waals surface area (Å²) < 4.78 is 0. The first-order valence-electron chi connectivity index (χ1n) is 8.35. The highest BCUT2D eigenvalue weighted by molar-refractivity contribution is 7.16. The van der Waals surface area contributed by atoms with Crippen LogP contribution in [-0.4, -0.2) is 15.9 Å². The quantitative estimate of drug-likeness (QED) is 0.369. The molecular formula is C20H19N5S. The Bertz CT molecular complexity index is 1060. The van der Waals surface area contributed by atoms with Gasteiger partial charge in [0.05, 0.1) is 12.2 Å². The van der Waals surface area contributed by atoms with Gasteiger partial charge in [0.25, 0.3) is 0 Å². The third kappa shape index (κ3) is 3.32. The van der Waals surface area contributed by atoms with Crippen LogP contribution in [0, 0.1) is 6.92 Å². The number of rotatable bonds is 4. The van der Waals surface area contributed by atoms with Crippen LogP contribution in [0.4, 0.5) is 5.13 Å². The Morgan fingerprint density at radius 2 is 1.92 bits per heavy atom. The van der Waals surface area contributed by atoms with Crippen molar-refractivity contribution in [2.24, 2.45) is 10.7 Å². The number of hydrogen-bond donors (Lipinski definition) is 3. The van der Waals surface area contributed by atoms with Crippen molar-refractivity contribution in [1.82, 2.24) is 9.97 Å². The molecule has 0 unspecified atom stereocenters. The van der Waals surface area contributed by atoms with Crippen molar-refractivity contribution >= 4 is 33.3 Å². The molecule has 0 spiro atoms. The number of hydrogen-bond acceptors (Lipinski definition) is 3. The Morgan fingerprint density at radius 3 is 2.77 bits per heavy atom. The second-order valence-corrected chi connectivity index (χ2v) is 7.19. The number of guanidine groups is 1. The van der Waals surface area contributed by atoms with Gasteiger partial charge in [-0.1, -0.05) is 48.5 Å². The molecule has 4 rings (SSSR count). The highest BCUT2D eigenvalue weighted by atomic mass is 32.1. The van der Waals surface area contributed by atoms with Crippen molar-refractivity contribution < 1.29 is 0 Å². The van der Waals surface area contributed by atoms with E-state index in [0.29, 0.717) is 12.5 Å². The number of H-pyrrole nitrogens is 1. The Labute approximate surface area is 155 Å². The Morgan fingerprint density at radius 1 is 1.15 bits per heavy atom. The Kier molecular flexibility index (Phi) is 4.41. The SMILES string of the molecule is Cc1sc(NC(N)=NCc2ccccc2)nc1-c1c[nH]c2ccccc12. The molecule has 2 heterocycles. The van der Waals surface area contributed by atoms with Gasteiger partial charge < -0.3 is 16.0 Å². The van der Waals surface area contributed by atoms with Crippen LogP contribution in [-0.2, 0) is 6.54 Å². The number of nitrogens with one attached hydrogen (secondary N) is 2. The summed E-state index contributed by atoms with van der Waals surface area (Å²) in [7, 11) is 0. The number of aryl methyl sites for hydroxylation is 1. The molecular weight excluding hydrogens is 342 g/mol. The molecule has 4 aromatic rings. The van der Waals surface area contributed by atoms with Crippen molar-refractivity contribution in [3.05, 3.63) is 71.2 Å². The summed E-state index contributed by atoms with van der Waals surface area (Å²) in [5.74, 6) is 0.369. The fourth-order valence-electron chi connectivity index (χ4n) is 2.88. The monoisotopic (exact) mass is 361 g/mol. The van der Waals surface area contributed by atoms with Crippen molar-refractivity contribution in [2.75, 3.05) is 5.32 Å². The number of aliphatic imine (C=N–C) groups is 1. The van der Waals surface area contributed by atoms with Gasteiger partial charge in [-0.25, -0.2) is 9.98 Å². The molecule has 0 atom stereocenters. The molecule has 0 radical (unpaired) electrons. The van der Waals surface area contributed by atoms with E-state index in [9.17, 15) is 0 Å². The van der Waals surface area contributed by atoms with Crippen LogP contribution < -0.4 is 11.1 Å². The van der Waals surface area contributed by atoms with Crippen LogP contribution in [0.5, 0.6) is 0 Å². The average Bonchev–Trinajstić information content (AvgIpc) is 3.24. The normalized spacial score (nSPS) is 11.8. The predicted molar refractivity (Wildman–Crippen MR) is 110 cm³/mol. The van der Waals surface area contributed by atoms with E-state index in [0.717, 1.165) is 37.7 Å². The van der Waals surface area contributed by atoms with Gasteiger partial charge in [0.1, 0.15) is 0 Å². The average molecular weight is 361 g/mol. The van der Waals surface area contributed by atoms with E-state index >= 15 is 0 Å². The minimum absolute atomic E-state index is 0.369. The maximum atomic E-state index is 6.02. The van der Waals surface area contributed by atoms with Crippen molar-refractivity contribution in [1.29, 1.82) is 0 Å². The number of anilines is 1. The van der Waals surface area contributed by atoms with Crippen molar-refractivity contribution in [2.45, 2.75) is 13.5 Å². The first-order chi connectivity index (χ1) is 12.7. The third-order valence-corrected chi connectivity index (χ3v) is 5.04. The van der Waals surface area contributed by atoms with E-state index in [4.69, 9.17) is 10.7 Å². The molecule has 0 fully saturated rings. The molecule has 6 heteroatoms. The summed E-state index contributed by atoms with van der Waals surface area (Å²) in [6.07, 6.45) is 2.00. The largest absolute Gasteiger partial charge is 0.370 e.